The van der Waals surface area contributed by atoms with Gasteiger partial charge in [-0.3, -0.25) is 0 Å². The van der Waals surface area contributed by atoms with Crippen molar-refractivity contribution >= 4 is 68.8 Å². The molecule has 2 saturated heterocycles. The number of nitrogens with zero attached hydrogens (tertiary/aromatic N) is 1. The lowest BCUT2D eigenvalue weighted by Crippen LogP contribution is -2.57. The highest BCUT2D eigenvalue weighted by Crippen LogP contribution is 2.46. The largest absolute Gasteiger partial charge is 0.394 e. The Balaban J connectivity index is 1.27. The zero-order valence-electron chi connectivity index (χ0n) is 38.4. The van der Waals surface area contributed by atoms with E-state index in [2.05, 4.69) is 19.9 Å². The summed E-state index contributed by atoms with van der Waals surface area (Å²) in [5, 5.41) is 81.3. The lowest BCUT2D eigenvalue weighted by molar-refractivity contribution is -0.205. The molecule has 10 atom stereocenters. The topological polar surface area (TPSA) is 241 Å². The maximum atomic E-state index is 16.9. The zero-order chi connectivity index (χ0) is 56.2. The summed E-state index contributed by atoms with van der Waals surface area (Å²) in [5.74, 6) is -29.9. The molecule has 0 unspecified atom stereocenters. The van der Waals surface area contributed by atoms with Gasteiger partial charge in [0.25, 0.3) is 0 Å². The van der Waals surface area contributed by atoms with Gasteiger partial charge in [-0.25, -0.2) is 62.1 Å². The van der Waals surface area contributed by atoms with E-state index >= 15 is 43.9 Å². The van der Waals surface area contributed by atoms with E-state index < -0.39 is 225 Å². The van der Waals surface area contributed by atoms with Crippen LogP contribution in [0.5, 0.6) is 0 Å². The quantitative estimate of drug-likeness (QED) is 0.0387. The highest BCUT2D eigenvalue weighted by molar-refractivity contribution is 8.00. The number of H-pyrrole nitrogens is 3. The second-order valence-electron chi connectivity index (χ2n) is 17.7. The van der Waals surface area contributed by atoms with E-state index in [0.717, 1.165) is 48.6 Å². The molecule has 4 aromatic heterocycles. The van der Waals surface area contributed by atoms with Gasteiger partial charge in [0, 0.05) is 44.3 Å². The molecule has 3 aromatic carbocycles. The average Bonchev–Trinajstić information content (AvgIpc) is 4.35. The highest BCUT2D eigenvalue weighted by Gasteiger charge is 2.47. The number of aliphatic hydroxyl groups is 8. The van der Waals surface area contributed by atoms with E-state index in [0.29, 0.717) is 0 Å². The monoisotopic (exact) mass is 1150 g/mol. The molecule has 3 aliphatic heterocycles. The summed E-state index contributed by atoms with van der Waals surface area (Å²) in [4.78, 5) is 8.95. The van der Waals surface area contributed by atoms with Crippen LogP contribution in [0.2, 0.25) is 0 Å². The first-order valence-electron chi connectivity index (χ1n) is 22.5. The van der Waals surface area contributed by atoms with Crippen molar-refractivity contribution in [2.45, 2.75) is 69.5 Å². The minimum Gasteiger partial charge on any atom is -0.394 e. The normalized spacial score (nSPS) is 24.0. The number of nitrogens with one attached hydrogen (secondary N) is 3. The molecule has 0 radical (unpaired) electrons. The zero-order valence-corrected chi connectivity index (χ0v) is 40.0. The Morgan fingerprint density at radius 3 is 1.03 bits per heavy atom. The van der Waals surface area contributed by atoms with Crippen molar-refractivity contribution in [1.29, 1.82) is 0 Å². The van der Waals surface area contributed by atoms with Crippen LogP contribution in [0.25, 0.3) is 78.6 Å². The molecule has 412 valence electrons. The number of fused-ring (bicyclic) bond motifs is 9. The molecule has 10 rings (SSSR count). The predicted octanol–water partition coefficient (Wildman–Crippen LogP) is 7.29. The van der Waals surface area contributed by atoms with Crippen LogP contribution in [0.1, 0.15) is 11.4 Å². The van der Waals surface area contributed by atoms with Crippen LogP contribution in [-0.2, 0) is 9.47 Å². The van der Waals surface area contributed by atoms with Crippen molar-refractivity contribution in [2.24, 2.45) is 0 Å². The van der Waals surface area contributed by atoms with Gasteiger partial charge < -0.3 is 65.3 Å². The Labute approximate surface area is 434 Å². The lowest BCUT2D eigenvalue weighted by Gasteiger charge is -2.39. The number of benzene rings is 3. The summed E-state index contributed by atoms with van der Waals surface area (Å²) >= 11 is -0.442. The van der Waals surface area contributed by atoms with E-state index in [1.54, 1.807) is 0 Å². The number of halogens is 13. The molecule has 3 aliphatic rings. The van der Waals surface area contributed by atoms with Crippen LogP contribution in [0.3, 0.4) is 0 Å². The molecule has 7 aromatic rings. The molecule has 0 spiro atoms. The van der Waals surface area contributed by atoms with E-state index in [1.807, 2.05) is 0 Å². The second kappa shape index (κ2) is 20.8. The first-order valence-corrected chi connectivity index (χ1v) is 24.3. The molecule has 7 heterocycles. The molecule has 78 heavy (non-hydrogen) atoms. The van der Waals surface area contributed by atoms with Crippen molar-refractivity contribution in [1.82, 2.24) is 19.9 Å². The number of hydrogen-bond acceptors (Lipinski definition) is 13. The van der Waals surface area contributed by atoms with Gasteiger partial charge in [0.2, 0.25) is 5.82 Å². The van der Waals surface area contributed by atoms with Gasteiger partial charge in [0.05, 0.1) is 56.6 Å². The van der Waals surface area contributed by atoms with Gasteiger partial charge >= 0.3 is 0 Å². The van der Waals surface area contributed by atoms with E-state index in [9.17, 15) is 54.0 Å². The fourth-order valence-corrected chi connectivity index (χ4v) is 11.4. The molecule has 29 heteroatoms. The third-order valence-electron chi connectivity index (χ3n) is 13.1. The average molecular weight is 1150 g/mol. The number of ether oxygens (including phenoxy) is 2. The Kier molecular flexibility index (Phi) is 14.7. The van der Waals surface area contributed by atoms with Crippen molar-refractivity contribution in [2.75, 3.05) is 13.2 Å². The minimum absolute atomic E-state index is 0.167. The first kappa shape index (κ1) is 55.1. The van der Waals surface area contributed by atoms with Crippen LogP contribution in [0, 0.1) is 75.6 Å². The Morgan fingerprint density at radius 2 is 0.654 bits per heavy atom. The number of aromatic amines is 3. The summed E-state index contributed by atoms with van der Waals surface area (Å²) < 4.78 is 220. The highest BCUT2D eigenvalue weighted by atomic mass is 32.2. The molecule has 8 bridgehead atoms. The third-order valence-corrected chi connectivity index (χ3v) is 15.6. The molecule has 11 N–H and O–H groups in total. The van der Waals surface area contributed by atoms with Crippen LogP contribution in [-0.4, -0.2) is 134 Å². The number of rotatable bonds is 9. The molecule has 14 nitrogen and oxygen atoms in total. The maximum Gasteiger partial charge on any atom is 0.200 e. The second-order valence-corrected chi connectivity index (χ2v) is 19.9. The van der Waals surface area contributed by atoms with Crippen molar-refractivity contribution in [3.05, 3.63) is 123 Å². The van der Waals surface area contributed by atoms with Gasteiger partial charge in [-0.15, -0.1) is 0 Å². The fraction of sp³-hybridized carbons (Fsp3) is 0.245. The van der Waals surface area contributed by atoms with Crippen LogP contribution >= 0.6 is 23.5 Å². The van der Waals surface area contributed by atoms with E-state index in [-0.39, 0.29) is 34.7 Å². The summed E-state index contributed by atoms with van der Waals surface area (Å²) in [6, 6.07) is 5.62. The summed E-state index contributed by atoms with van der Waals surface area (Å²) in [6.07, 6.45) is -13.7. The SMILES string of the molecule is OC[C@H]1O[C@@H](Sc2c(F)c(F)c(-c3c4nc(c5ccc([nH]5)c(-c5c(F)c(F)c(F)c(F)c5F)c5ccc([nH]5)c(-c5c(F)c(F)c(S[C@@H]6O[C@H](CO)[C@@H](O)[C@H](O)[C@H]6O)c(F)c5F)c5ccc3[nH]5)C=C4)c(F)c2F)[C@H](O)[C@@H](O)[C@@H]1O. The maximum absolute atomic E-state index is 16.9. The first-order chi connectivity index (χ1) is 37.0. The van der Waals surface area contributed by atoms with Crippen molar-refractivity contribution in [3.63, 3.8) is 0 Å². The molecule has 0 amide bonds. The number of aliphatic hydroxyl groups excluding tert-OH is 8. The van der Waals surface area contributed by atoms with Crippen molar-refractivity contribution < 1.29 is 107 Å². The number of hydrogen-bond donors (Lipinski definition) is 11. The fourth-order valence-electron chi connectivity index (χ4n) is 9.20. The standard InChI is InChI=1S/C49H33F13N4O10S2/c50-27-24(28(51)34(57)35(58)33(27)56)21-13-3-1-11(63-13)12-2-4-14(64-12)22(25-29(52)36(59)46(37(60)30(25)53)77-48-44(73)42(71)40(69)19(9-67)75-48)16-6-8-18(66-16)23(17-7-5-15(21)65-17)26-31(54)38(61)47(39(62)32(26)55)78-49-45(74)43(72)41(70)20(10-68)76-49/h1-8,19-20,40-45,48-49,63,65-74H,9-10H2/t19-,20-,40-,41-,42+,43+,44-,45-,48+,49+/m1/s1. The summed E-state index contributed by atoms with van der Waals surface area (Å²) in [6.45, 7) is -2.03. The molecular formula is C49H33F13N4O10S2. The van der Waals surface area contributed by atoms with Gasteiger partial charge in [-0.05, 0) is 48.6 Å². The number of thioether (sulfide) groups is 2. The van der Waals surface area contributed by atoms with Gasteiger partial charge in [0.1, 0.15) is 59.7 Å². The van der Waals surface area contributed by atoms with Gasteiger partial charge in [-0.2, -0.15) is 0 Å². The van der Waals surface area contributed by atoms with Crippen LogP contribution < -0.4 is 0 Å². The third kappa shape index (κ3) is 8.79. The number of aromatic nitrogens is 4. The molecular weight excluding hydrogens is 1120 g/mol. The van der Waals surface area contributed by atoms with E-state index in [4.69, 9.17) is 9.47 Å². The smallest absolute Gasteiger partial charge is 0.200 e. The Hall–Kier alpha value is -6.22. The van der Waals surface area contributed by atoms with Crippen LogP contribution in [0.15, 0.2) is 46.2 Å². The molecule has 2 fully saturated rings. The Bertz CT molecular complexity index is 3680. The Morgan fingerprint density at radius 1 is 0.359 bits per heavy atom. The van der Waals surface area contributed by atoms with Gasteiger partial charge in [0.15, 0.2) is 69.8 Å². The minimum atomic E-state index is -2.57. The van der Waals surface area contributed by atoms with Crippen molar-refractivity contribution in [3.8, 4) is 33.4 Å². The van der Waals surface area contributed by atoms with Gasteiger partial charge in [-0.1, -0.05) is 23.5 Å². The van der Waals surface area contributed by atoms with Crippen LogP contribution in [0.4, 0.5) is 57.1 Å². The summed E-state index contributed by atoms with van der Waals surface area (Å²) in [5.41, 5.74) is -15.9. The predicted molar refractivity (Wildman–Crippen MR) is 250 cm³/mol. The summed E-state index contributed by atoms with van der Waals surface area (Å²) in [7, 11) is 0. The van der Waals surface area contributed by atoms with E-state index in [1.165, 1.54) is 0 Å². The molecule has 0 saturated carbocycles. The lowest BCUT2D eigenvalue weighted by atomic mass is 10.0. The molecule has 0 aliphatic carbocycles.